The molecule has 1 rings (SSSR count). The van der Waals surface area contributed by atoms with E-state index in [4.69, 9.17) is 5.73 Å². The van der Waals surface area contributed by atoms with Crippen molar-refractivity contribution in [3.63, 3.8) is 0 Å². The molecule has 0 radical (unpaired) electrons. The number of carbonyl (C=O) groups excluding carboxylic acids is 1. The molecule has 0 fully saturated rings. The molecule has 1 aromatic carbocycles. The number of phenols is 1. The lowest BCUT2D eigenvalue weighted by Crippen LogP contribution is -2.39. The maximum Gasteiger partial charge on any atom is 0.271 e. The van der Waals surface area contributed by atoms with Crippen molar-refractivity contribution in [2.75, 3.05) is 5.32 Å². The van der Waals surface area contributed by atoms with Crippen molar-refractivity contribution in [3.05, 3.63) is 28.3 Å². The molecule has 1 aromatic rings. The maximum absolute atomic E-state index is 11.7. The number of nitrogens with two attached hydrogens (primary N) is 1. The van der Waals surface area contributed by atoms with Gasteiger partial charge in [-0.2, -0.15) is 0 Å². The van der Waals surface area contributed by atoms with E-state index in [1.807, 2.05) is 0 Å². The van der Waals surface area contributed by atoms with Crippen LogP contribution in [-0.4, -0.2) is 22.0 Å². The van der Waals surface area contributed by atoms with E-state index < -0.39 is 16.9 Å². The molecule has 0 unspecified atom stereocenters. The zero-order valence-electron chi connectivity index (χ0n) is 10.1. The molecule has 1 atom stereocenters. The first-order valence-corrected chi connectivity index (χ1v) is 5.36. The number of nitro benzene ring substituents is 1. The number of nitrogens with zero attached hydrogens (tertiary/aromatic N) is 1. The highest BCUT2D eigenvalue weighted by molar-refractivity contribution is 5.96. The van der Waals surface area contributed by atoms with E-state index in [0.717, 1.165) is 18.2 Å². The molecule has 0 spiro atoms. The van der Waals surface area contributed by atoms with E-state index in [0.29, 0.717) is 0 Å². The van der Waals surface area contributed by atoms with Gasteiger partial charge in [0.25, 0.3) is 5.69 Å². The third-order valence-corrected chi connectivity index (χ3v) is 2.47. The number of nitro groups is 1. The predicted octanol–water partition coefficient (Wildman–Crippen LogP) is 1.22. The van der Waals surface area contributed by atoms with E-state index in [2.05, 4.69) is 5.32 Å². The molecule has 0 saturated carbocycles. The summed E-state index contributed by atoms with van der Waals surface area (Å²) in [6.45, 7) is 3.55. The highest BCUT2D eigenvalue weighted by Gasteiger charge is 2.19. The van der Waals surface area contributed by atoms with Gasteiger partial charge < -0.3 is 16.2 Å². The number of carbonyl (C=O) groups is 1. The van der Waals surface area contributed by atoms with Crippen LogP contribution in [0.2, 0.25) is 0 Å². The highest BCUT2D eigenvalue weighted by atomic mass is 16.6. The van der Waals surface area contributed by atoms with Gasteiger partial charge in [0, 0.05) is 12.1 Å². The van der Waals surface area contributed by atoms with E-state index >= 15 is 0 Å². The van der Waals surface area contributed by atoms with E-state index in [-0.39, 0.29) is 23.0 Å². The lowest BCUT2D eigenvalue weighted by molar-refractivity contribution is -0.384. The first-order chi connectivity index (χ1) is 8.32. The van der Waals surface area contributed by atoms with Crippen molar-refractivity contribution < 1.29 is 14.8 Å². The fourth-order valence-corrected chi connectivity index (χ4v) is 1.26. The van der Waals surface area contributed by atoms with Crippen molar-refractivity contribution in [2.24, 2.45) is 11.7 Å². The Kier molecular flexibility index (Phi) is 4.22. The Morgan fingerprint density at radius 3 is 2.61 bits per heavy atom. The summed E-state index contributed by atoms with van der Waals surface area (Å²) in [6, 6.07) is 2.63. The van der Waals surface area contributed by atoms with Crippen molar-refractivity contribution in [2.45, 2.75) is 19.9 Å². The summed E-state index contributed by atoms with van der Waals surface area (Å²) in [5, 5.41) is 22.5. The standard InChI is InChI=1S/C11H15N3O4/c1-6(2)10(12)11(16)13-8-5-7(14(17)18)3-4-9(8)15/h3-6,10,15H,12H2,1-2H3,(H,13,16)/t10-/m0/s1. The number of amides is 1. The molecule has 0 bridgehead atoms. The number of benzene rings is 1. The quantitative estimate of drug-likeness (QED) is 0.423. The van der Waals surface area contributed by atoms with Gasteiger partial charge in [-0.25, -0.2) is 0 Å². The third-order valence-electron chi connectivity index (χ3n) is 2.47. The first-order valence-electron chi connectivity index (χ1n) is 5.36. The summed E-state index contributed by atoms with van der Waals surface area (Å²) in [7, 11) is 0. The predicted molar refractivity (Wildman–Crippen MR) is 66.2 cm³/mol. The van der Waals surface area contributed by atoms with Crippen LogP contribution in [0.1, 0.15) is 13.8 Å². The van der Waals surface area contributed by atoms with Gasteiger partial charge in [-0.1, -0.05) is 13.8 Å². The summed E-state index contributed by atoms with van der Waals surface area (Å²) in [4.78, 5) is 21.6. The van der Waals surface area contributed by atoms with Crippen LogP contribution in [0.3, 0.4) is 0 Å². The van der Waals surface area contributed by atoms with E-state index in [1.165, 1.54) is 0 Å². The highest BCUT2D eigenvalue weighted by Crippen LogP contribution is 2.27. The molecule has 0 aromatic heterocycles. The minimum atomic E-state index is -0.747. The molecule has 0 aliphatic heterocycles. The Morgan fingerprint density at radius 1 is 1.50 bits per heavy atom. The van der Waals surface area contributed by atoms with Crippen LogP contribution in [0.5, 0.6) is 5.75 Å². The van der Waals surface area contributed by atoms with Crippen LogP contribution >= 0.6 is 0 Å². The van der Waals surface area contributed by atoms with Gasteiger partial charge in [-0.3, -0.25) is 14.9 Å². The Hall–Kier alpha value is -2.15. The Bertz CT molecular complexity index is 473. The molecule has 7 heteroatoms. The van der Waals surface area contributed by atoms with Gasteiger partial charge in [0.15, 0.2) is 0 Å². The number of non-ortho nitro benzene ring substituents is 1. The second-order valence-electron chi connectivity index (χ2n) is 4.22. The largest absolute Gasteiger partial charge is 0.506 e. The first kappa shape index (κ1) is 13.9. The number of hydrogen-bond donors (Lipinski definition) is 3. The lowest BCUT2D eigenvalue weighted by Gasteiger charge is -2.15. The van der Waals surface area contributed by atoms with Gasteiger partial charge in [0.05, 0.1) is 16.7 Å². The van der Waals surface area contributed by atoms with Crippen LogP contribution < -0.4 is 11.1 Å². The Morgan fingerprint density at radius 2 is 2.11 bits per heavy atom. The average Bonchev–Trinajstić information content (AvgIpc) is 2.30. The maximum atomic E-state index is 11.7. The number of anilines is 1. The van der Waals surface area contributed by atoms with Gasteiger partial charge in [-0.05, 0) is 12.0 Å². The lowest BCUT2D eigenvalue weighted by atomic mass is 10.0. The molecule has 1 amide bonds. The summed E-state index contributed by atoms with van der Waals surface area (Å²) in [5.74, 6) is -0.823. The Balaban J connectivity index is 2.93. The molecule has 7 nitrogen and oxygen atoms in total. The van der Waals surface area contributed by atoms with Crippen LogP contribution in [0, 0.1) is 16.0 Å². The Labute approximate surface area is 104 Å². The molecular weight excluding hydrogens is 238 g/mol. The molecule has 18 heavy (non-hydrogen) atoms. The number of phenolic OH excluding ortho intramolecular Hbond substituents is 1. The van der Waals surface area contributed by atoms with Gasteiger partial charge >= 0.3 is 0 Å². The summed E-state index contributed by atoms with van der Waals surface area (Å²) in [5.41, 5.74) is 5.38. The van der Waals surface area contributed by atoms with Crippen molar-refractivity contribution in [1.82, 2.24) is 0 Å². The topological polar surface area (TPSA) is 118 Å². The molecule has 0 saturated heterocycles. The van der Waals surface area contributed by atoms with Crippen LogP contribution in [0.4, 0.5) is 11.4 Å². The van der Waals surface area contributed by atoms with Gasteiger partial charge in [0.1, 0.15) is 5.75 Å². The molecule has 0 heterocycles. The molecular formula is C11H15N3O4. The molecule has 0 aliphatic carbocycles. The number of rotatable bonds is 4. The normalized spacial score (nSPS) is 12.2. The van der Waals surface area contributed by atoms with Crippen LogP contribution in [0.25, 0.3) is 0 Å². The zero-order valence-corrected chi connectivity index (χ0v) is 10.1. The molecule has 98 valence electrons. The molecule has 0 aliphatic rings. The van der Waals surface area contributed by atoms with Gasteiger partial charge in [0.2, 0.25) is 5.91 Å². The average molecular weight is 253 g/mol. The summed E-state index contributed by atoms with van der Waals surface area (Å²) in [6.07, 6.45) is 0. The second-order valence-corrected chi connectivity index (χ2v) is 4.22. The third kappa shape index (κ3) is 3.17. The number of hydrogen-bond acceptors (Lipinski definition) is 5. The fourth-order valence-electron chi connectivity index (χ4n) is 1.26. The van der Waals surface area contributed by atoms with Crippen molar-refractivity contribution >= 4 is 17.3 Å². The van der Waals surface area contributed by atoms with Crippen molar-refractivity contribution in [3.8, 4) is 5.75 Å². The van der Waals surface area contributed by atoms with Crippen LogP contribution in [0.15, 0.2) is 18.2 Å². The zero-order chi connectivity index (χ0) is 13.9. The van der Waals surface area contributed by atoms with E-state index in [9.17, 15) is 20.0 Å². The second kappa shape index (κ2) is 5.46. The smallest absolute Gasteiger partial charge is 0.271 e. The SMILES string of the molecule is CC(C)[C@H](N)C(=O)Nc1cc([N+](=O)[O-])ccc1O. The van der Waals surface area contributed by atoms with Gasteiger partial charge in [-0.15, -0.1) is 0 Å². The monoisotopic (exact) mass is 253 g/mol. The summed E-state index contributed by atoms with van der Waals surface area (Å²) >= 11 is 0. The summed E-state index contributed by atoms with van der Waals surface area (Å²) < 4.78 is 0. The fraction of sp³-hybridized carbons (Fsp3) is 0.364. The number of nitrogens with one attached hydrogen (secondary N) is 1. The van der Waals surface area contributed by atoms with Crippen LogP contribution in [-0.2, 0) is 4.79 Å². The van der Waals surface area contributed by atoms with E-state index in [1.54, 1.807) is 13.8 Å². The minimum absolute atomic E-state index is 0.0229. The minimum Gasteiger partial charge on any atom is -0.506 e. The number of aromatic hydroxyl groups is 1. The molecule has 4 N–H and O–H groups in total. The van der Waals surface area contributed by atoms with Crippen molar-refractivity contribution in [1.29, 1.82) is 0 Å².